The molecule has 0 unspecified atom stereocenters. The van der Waals surface area contributed by atoms with E-state index < -0.39 is 0 Å². The predicted molar refractivity (Wildman–Crippen MR) is 14.9 cm³/mol. The molecule has 0 aromatic rings. The van der Waals surface area contributed by atoms with E-state index >= 15 is 0 Å². The standard InChI is InChI=1S/C3H3O.Na/c1-2-3-4;/h1-3H;/q-1;+1. The molecule has 5 heavy (non-hydrogen) atoms. The van der Waals surface area contributed by atoms with Crippen LogP contribution in [0.3, 0.4) is 0 Å². The van der Waals surface area contributed by atoms with Crippen LogP contribution in [-0.4, -0.2) is 6.29 Å². The molecule has 0 aromatic carbocycles. The van der Waals surface area contributed by atoms with Crippen molar-refractivity contribution < 1.29 is 34.4 Å². The van der Waals surface area contributed by atoms with Gasteiger partial charge in [-0.15, -0.1) is 0 Å². The Kier molecular flexibility index (Phi) is 16.0. The first-order chi connectivity index (χ1) is 1.91. The third kappa shape index (κ3) is 12.9. The van der Waals surface area contributed by atoms with Gasteiger partial charge in [-0.05, 0) is 6.29 Å². The summed E-state index contributed by atoms with van der Waals surface area (Å²) in [6.07, 6.45) is 1.47. The molecule has 0 spiro atoms. The van der Waals surface area contributed by atoms with Crippen LogP contribution in [0.25, 0.3) is 0 Å². The Labute approximate surface area is 53.4 Å². The normalized spacial score (nSPS) is 4.00. The molecule has 0 aliphatic carbocycles. The van der Waals surface area contributed by atoms with E-state index in [2.05, 4.69) is 6.58 Å². The molecular formula is C3H3NaO. The van der Waals surface area contributed by atoms with Crippen molar-refractivity contribution in [2.75, 3.05) is 0 Å². The van der Waals surface area contributed by atoms with Crippen LogP contribution in [-0.2, 0) is 4.79 Å². The van der Waals surface area contributed by atoms with Gasteiger partial charge >= 0.3 is 29.6 Å². The molecule has 0 amide bonds. The molecule has 0 aromatic heterocycles. The molecule has 0 fully saturated rings. The van der Waals surface area contributed by atoms with Gasteiger partial charge in [0, 0.05) is 0 Å². The van der Waals surface area contributed by atoms with Crippen LogP contribution in [0.15, 0.2) is 6.08 Å². The van der Waals surface area contributed by atoms with Gasteiger partial charge in [0.05, 0.1) is 0 Å². The van der Waals surface area contributed by atoms with Crippen LogP contribution in [0.1, 0.15) is 0 Å². The fourth-order valence-corrected chi connectivity index (χ4v) is 0. The summed E-state index contributed by atoms with van der Waals surface area (Å²) in [5.74, 6) is 0. The van der Waals surface area contributed by atoms with Gasteiger partial charge in [-0.2, -0.15) is 0 Å². The fraction of sp³-hybridized carbons (Fsp3) is 0. The number of carbonyl (C=O) groups excluding carboxylic acids is 1. The molecule has 0 radical (unpaired) electrons. The second-order valence-corrected chi connectivity index (χ2v) is 0.329. The smallest absolute Gasteiger partial charge is 0.410 e. The third-order valence-corrected chi connectivity index (χ3v) is 0.0786. The average molecular weight is 78.0 g/mol. The van der Waals surface area contributed by atoms with E-state index in [9.17, 15) is 0 Å². The predicted octanol–water partition coefficient (Wildman–Crippen LogP) is -2.82. The first-order valence-electron chi connectivity index (χ1n) is 0.902. The van der Waals surface area contributed by atoms with Crippen LogP contribution in [0, 0.1) is 6.58 Å². The number of hydrogen-bond donors (Lipinski definition) is 0. The molecule has 0 bridgehead atoms. The van der Waals surface area contributed by atoms with Crippen molar-refractivity contribution in [3.63, 3.8) is 0 Å². The SMILES string of the molecule is [CH-]=CC=O.[Na+]. The van der Waals surface area contributed by atoms with Gasteiger partial charge in [0.15, 0.2) is 0 Å². The quantitative estimate of drug-likeness (QED) is 0.143. The van der Waals surface area contributed by atoms with E-state index in [-0.39, 0.29) is 29.6 Å². The number of aldehydes is 1. The second-order valence-electron chi connectivity index (χ2n) is 0.329. The number of rotatable bonds is 1. The molecule has 0 N–H and O–H groups in total. The van der Waals surface area contributed by atoms with E-state index in [0.29, 0.717) is 6.29 Å². The number of hydrogen-bond acceptors (Lipinski definition) is 1. The molecule has 0 aliphatic rings. The summed E-state index contributed by atoms with van der Waals surface area (Å²) in [4.78, 5) is 8.99. The van der Waals surface area contributed by atoms with Gasteiger partial charge in [-0.1, -0.05) is 0 Å². The van der Waals surface area contributed by atoms with Gasteiger partial charge in [-0.3, -0.25) is 6.58 Å². The van der Waals surface area contributed by atoms with Gasteiger partial charge in [0.25, 0.3) is 0 Å². The Morgan fingerprint density at radius 1 is 1.60 bits per heavy atom. The van der Waals surface area contributed by atoms with Gasteiger partial charge in [0.1, 0.15) is 0 Å². The molecule has 0 saturated heterocycles. The largest absolute Gasteiger partial charge is 1.00 e. The van der Waals surface area contributed by atoms with Crippen molar-refractivity contribution in [1.82, 2.24) is 0 Å². The van der Waals surface area contributed by atoms with Crippen LogP contribution in [0.4, 0.5) is 0 Å². The molecule has 0 heterocycles. The van der Waals surface area contributed by atoms with Gasteiger partial charge < -0.3 is 4.79 Å². The first kappa shape index (κ1) is 9.05. The molecule has 22 valence electrons. The minimum atomic E-state index is 0. The molecule has 1 nitrogen and oxygen atoms in total. The minimum Gasteiger partial charge on any atom is -0.410 e. The molecule has 2 heteroatoms. The minimum absolute atomic E-state index is 0. The van der Waals surface area contributed by atoms with Crippen LogP contribution in [0.2, 0.25) is 0 Å². The Morgan fingerprint density at radius 2 is 1.80 bits per heavy atom. The zero-order valence-electron chi connectivity index (χ0n) is 3.14. The van der Waals surface area contributed by atoms with Crippen LogP contribution in [0.5, 0.6) is 0 Å². The van der Waals surface area contributed by atoms with Crippen molar-refractivity contribution >= 4 is 6.29 Å². The summed E-state index contributed by atoms with van der Waals surface area (Å²) in [7, 11) is 0. The summed E-state index contributed by atoms with van der Waals surface area (Å²) in [6, 6.07) is 0. The zero-order valence-corrected chi connectivity index (χ0v) is 5.14. The van der Waals surface area contributed by atoms with Gasteiger partial charge in [-0.25, -0.2) is 6.08 Å². The van der Waals surface area contributed by atoms with E-state index in [0.717, 1.165) is 6.08 Å². The summed E-state index contributed by atoms with van der Waals surface area (Å²) in [5, 5.41) is 0. The third-order valence-electron chi connectivity index (χ3n) is 0.0786. The summed E-state index contributed by atoms with van der Waals surface area (Å²) >= 11 is 0. The maximum atomic E-state index is 8.99. The number of carbonyl (C=O) groups is 1. The molecular weight excluding hydrogens is 75.0 g/mol. The van der Waals surface area contributed by atoms with Crippen LogP contribution < -0.4 is 29.6 Å². The van der Waals surface area contributed by atoms with Gasteiger partial charge in [0.2, 0.25) is 0 Å². The van der Waals surface area contributed by atoms with Crippen molar-refractivity contribution in [3.05, 3.63) is 12.7 Å². The topological polar surface area (TPSA) is 17.1 Å². The molecule has 0 saturated carbocycles. The number of allylic oxidation sites excluding steroid dienone is 1. The molecule has 0 atom stereocenters. The van der Waals surface area contributed by atoms with Crippen molar-refractivity contribution in [2.24, 2.45) is 0 Å². The van der Waals surface area contributed by atoms with Crippen molar-refractivity contribution in [3.8, 4) is 0 Å². The summed E-state index contributed by atoms with van der Waals surface area (Å²) in [5.41, 5.74) is 0. The maximum absolute atomic E-state index is 8.99. The van der Waals surface area contributed by atoms with Crippen LogP contribution >= 0.6 is 0 Å². The second kappa shape index (κ2) is 8.83. The fourth-order valence-electron chi connectivity index (χ4n) is 0. The molecule has 0 aliphatic heterocycles. The van der Waals surface area contributed by atoms with Crippen molar-refractivity contribution in [2.45, 2.75) is 0 Å². The monoisotopic (exact) mass is 78.0 g/mol. The molecule has 0 rings (SSSR count). The Morgan fingerprint density at radius 3 is 1.80 bits per heavy atom. The van der Waals surface area contributed by atoms with E-state index in [1.807, 2.05) is 0 Å². The Balaban J connectivity index is 0. The summed E-state index contributed by atoms with van der Waals surface area (Å²) in [6.45, 7) is 4.53. The van der Waals surface area contributed by atoms with E-state index in [1.54, 1.807) is 0 Å². The zero-order chi connectivity index (χ0) is 3.41. The average Bonchev–Trinajstić information content (AvgIpc) is 1.37. The maximum Gasteiger partial charge on any atom is 1.00 e. The summed E-state index contributed by atoms with van der Waals surface area (Å²) < 4.78 is 0. The van der Waals surface area contributed by atoms with E-state index in [1.165, 1.54) is 0 Å². The van der Waals surface area contributed by atoms with Crippen molar-refractivity contribution in [1.29, 1.82) is 0 Å². The first-order valence-corrected chi connectivity index (χ1v) is 0.902. The Hall–Kier alpha value is 0.410. The Bertz CT molecular complexity index is 27.9. The van der Waals surface area contributed by atoms with E-state index in [4.69, 9.17) is 4.79 Å².